The van der Waals surface area contributed by atoms with Crippen molar-refractivity contribution >= 4 is 92.1 Å². The van der Waals surface area contributed by atoms with Crippen LogP contribution in [0.5, 0.6) is 11.8 Å². The molecule has 26 heteroatoms. The molecule has 0 saturated carbocycles. The van der Waals surface area contributed by atoms with Crippen LogP contribution in [0, 0.1) is 37.3 Å². The Morgan fingerprint density at radius 2 is 0.939 bits per heavy atom. The van der Waals surface area contributed by atoms with Gasteiger partial charge in [0, 0.05) is 69.6 Å². The van der Waals surface area contributed by atoms with Crippen LogP contribution in [0.15, 0.2) is 49.1 Å². The fourth-order valence-electron chi connectivity index (χ4n) is 9.09. The molecule has 8 heterocycles. The third-order valence-electron chi connectivity index (χ3n) is 13.1. The summed E-state index contributed by atoms with van der Waals surface area (Å²) in [4.78, 5) is 91.3. The van der Waals surface area contributed by atoms with Crippen molar-refractivity contribution in [2.45, 2.75) is 92.6 Å². The molecule has 0 radical (unpaired) electrons. The largest absolute Gasteiger partial charge is 0.466 e. The van der Waals surface area contributed by atoms with Crippen LogP contribution in [0.2, 0.25) is 0 Å². The van der Waals surface area contributed by atoms with Gasteiger partial charge in [0.2, 0.25) is 11.8 Å². The maximum atomic E-state index is 16.2. The summed E-state index contributed by atoms with van der Waals surface area (Å²) in [7, 11) is 0. The van der Waals surface area contributed by atoms with Gasteiger partial charge in [0.15, 0.2) is 24.8 Å². The molecule has 4 aliphatic rings. The molecule has 4 aromatic heterocycles. The average Bonchev–Trinajstić information content (AvgIpc) is 4.15. The summed E-state index contributed by atoms with van der Waals surface area (Å²) in [6.07, 6.45) is 1.60. The summed E-state index contributed by atoms with van der Waals surface area (Å²) >= 11 is 0. The van der Waals surface area contributed by atoms with Crippen LogP contribution in [0.1, 0.15) is 66.5 Å². The number of aromatic nitrogens is 4. The highest BCUT2D eigenvalue weighted by molar-refractivity contribution is 6.07. The van der Waals surface area contributed by atoms with E-state index in [0.717, 1.165) is 0 Å². The fraction of sp³-hybridized carbons (Fsp3) is 0.393. The van der Waals surface area contributed by atoms with Gasteiger partial charge in [-0.2, -0.15) is 0 Å². The van der Waals surface area contributed by atoms with Crippen molar-refractivity contribution < 1.29 is 75.4 Å². The second-order valence-corrected chi connectivity index (χ2v) is 21.9. The molecule has 4 atom stereocenters. The van der Waals surface area contributed by atoms with E-state index in [0.29, 0.717) is 70.8 Å². The predicted octanol–water partition coefficient (Wildman–Crippen LogP) is 10.0. The van der Waals surface area contributed by atoms with Crippen LogP contribution >= 0.6 is 0 Å². The first-order chi connectivity index (χ1) is 38.8. The van der Waals surface area contributed by atoms with Crippen LogP contribution in [0.4, 0.5) is 62.3 Å². The Balaban J connectivity index is 0.000000198. The van der Waals surface area contributed by atoms with Crippen LogP contribution < -0.4 is 41.4 Å². The first-order valence-electron chi connectivity index (χ1n) is 26.0. The van der Waals surface area contributed by atoms with E-state index in [2.05, 4.69) is 51.8 Å². The molecule has 4 aliphatic heterocycles. The normalized spacial score (nSPS) is 18.2. The maximum Gasteiger partial charge on any atom is 0.413 e. The standard InChI is InChI=1S/2C28H30FN5O7/c2*1-13-10-38-11-19(13)40-26(36)32-20-7-15-6-16(17-8-31-25-23(14(17)2)33-21(35)12-39-25)22(29)24(18(15)9-30-20)34-27(37)41-28(3,4)5/h2*6-9,13,19H,10-12H2,1-5H3,(H,33,35)(H,34,37)(H,30,32,36)/t2*13-,19-/m10/s1. The van der Waals surface area contributed by atoms with E-state index in [9.17, 15) is 28.8 Å². The van der Waals surface area contributed by atoms with E-state index >= 15 is 8.78 Å². The van der Waals surface area contributed by atoms with Crippen molar-refractivity contribution in [3.63, 3.8) is 0 Å². The lowest BCUT2D eigenvalue weighted by Gasteiger charge is -2.22. The molecule has 6 aromatic rings. The lowest BCUT2D eigenvalue weighted by molar-refractivity contribution is -0.119. The molecule has 2 saturated heterocycles. The number of rotatable bonds is 8. The Morgan fingerprint density at radius 1 is 0.549 bits per heavy atom. The van der Waals surface area contributed by atoms with Crippen LogP contribution in [-0.4, -0.2) is 119 Å². The van der Waals surface area contributed by atoms with Gasteiger partial charge in [-0.1, -0.05) is 13.8 Å². The van der Waals surface area contributed by atoms with Crippen LogP contribution in [0.3, 0.4) is 0 Å². The highest BCUT2D eigenvalue weighted by Crippen LogP contribution is 2.43. The van der Waals surface area contributed by atoms with Crippen molar-refractivity contribution in [2.24, 2.45) is 11.8 Å². The number of hydrogen-bond acceptors (Lipinski definition) is 18. The minimum atomic E-state index is -0.866. The number of anilines is 6. The molecular weight excluding hydrogens is 1070 g/mol. The Labute approximate surface area is 468 Å². The Morgan fingerprint density at radius 3 is 1.29 bits per heavy atom. The molecule has 432 valence electrons. The van der Waals surface area contributed by atoms with Crippen molar-refractivity contribution in [1.29, 1.82) is 0 Å². The molecular formula is C56H60F2N10O14. The number of nitrogens with zero attached hydrogens (tertiary/aromatic N) is 4. The van der Waals surface area contributed by atoms with Gasteiger partial charge in [0.1, 0.15) is 46.4 Å². The Kier molecular flexibility index (Phi) is 16.3. The van der Waals surface area contributed by atoms with Gasteiger partial charge >= 0.3 is 24.4 Å². The molecule has 0 unspecified atom stereocenters. The van der Waals surface area contributed by atoms with Crippen LogP contribution in [-0.2, 0) is 38.0 Å². The average molecular weight is 1140 g/mol. The number of ether oxygens (including phenoxy) is 8. The number of benzene rings is 2. The minimum Gasteiger partial charge on any atom is -0.466 e. The number of carbonyl (C=O) groups excluding carboxylic acids is 6. The number of amides is 6. The second-order valence-electron chi connectivity index (χ2n) is 21.9. The maximum absolute atomic E-state index is 16.2. The molecule has 0 aliphatic carbocycles. The lowest BCUT2D eigenvalue weighted by Crippen LogP contribution is -2.28. The summed E-state index contributed by atoms with van der Waals surface area (Å²) in [6, 6.07) is 6.14. The molecule has 6 amide bonds. The first kappa shape index (κ1) is 57.6. The molecule has 0 bridgehead atoms. The second kappa shape index (κ2) is 23.2. The number of halogens is 2. The topological polar surface area (TPSA) is 300 Å². The van der Waals surface area contributed by atoms with E-state index in [-0.39, 0.29) is 106 Å². The quantitative estimate of drug-likeness (QED) is 0.0772. The van der Waals surface area contributed by atoms with Gasteiger partial charge in [-0.15, -0.1) is 0 Å². The summed E-state index contributed by atoms with van der Waals surface area (Å²) < 4.78 is 75.4. The van der Waals surface area contributed by atoms with E-state index in [1.54, 1.807) is 55.4 Å². The fourth-order valence-corrected chi connectivity index (χ4v) is 9.09. The van der Waals surface area contributed by atoms with E-state index in [4.69, 9.17) is 37.9 Å². The molecule has 24 nitrogen and oxygen atoms in total. The van der Waals surface area contributed by atoms with Crippen molar-refractivity contribution in [2.75, 3.05) is 71.5 Å². The highest BCUT2D eigenvalue weighted by atomic mass is 19.1. The van der Waals surface area contributed by atoms with Crippen molar-refractivity contribution in [3.8, 4) is 34.0 Å². The predicted molar refractivity (Wildman–Crippen MR) is 295 cm³/mol. The lowest BCUT2D eigenvalue weighted by atomic mass is 9.96. The highest BCUT2D eigenvalue weighted by Gasteiger charge is 2.32. The van der Waals surface area contributed by atoms with Crippen molar-refractivity contribution in [3.05, 3.63) is 71.8 Å². The third kappa shape index (κ3) is 13.1. The zero-order valence-corrected chi connectivity index (χ0v) is 46.4. The smallest absolute Gasteiger partial charge is 0.413 e. The summed E-state index contributed by atoms with van der Waals surface area (Å²) in [5.41, 5.74) is 0.498. The number of carbonyl (C=O) groups is 6. The monoisotopic (exact) mass is 1130 g/mol. The zero-order valence-electron chi connectivity index (χ0n) is 46.4. The Hall–Kier alpha value is -9.04. The van der Waals surface area contributed by atoms with Gasteiger partial charge in [0.05, 0.1) is 37.8 Å². The molecule has 2 fully saturated rings. The summed E-state index contributed by atoms with van der Waals surface area (Å²) in [5.74, 6) is -1.42. The van der Waals surface area contributed by atoms with E-state index < -0.39 is 47.2 Å². The van der Waals surface area contributed by atoms with Gasteiger partial charge in [-0.05, 0) is 102 Å². The number of fused-ring (bicyclic) bond motifs is 4. The van der Waals surface area contributed by atoms with Gasteiger partial charge in [-0.25, -0.2) is 47.9 Å². The Bertz CT molecular complexity index is 3340. The molecule has 6 N–H and O–H groups in total. The molecule has 10 rings (SSSR count). The van der Waals surface area contributed by atoms with E-state index in [1.165, 1.54) is 49.1 Å². The minimum absolute atomic E-state index is 0.0565. The van der Waals surface area contributed by atoms with E-state index in [1.807, 2.05) is 13.8 Å². The zero-order chi connectivity index (χ0) is 58.9. The first-order valence-corrected chi connectivity index (χ1v) is 26.0. The van der Waals surface area contributed by atoms with Gasteiger partial charge in [-0.3, -0.25) is 30.9 Å². The van der Waals surface area contributed by atoms with Gasteiger partial charge < -0.3 is 48.5 Å². The summed E-state index contributed by atoms with van der Waals surface area (Å²) in [6.45, 7) is 18.6. The van der Waals surface area contributed by atoms with Crippen LogP contribution in [0.25, 0.3) is 43.8 Å². The van der Waals surface area contributed by atoms with Gasteiger partial charge in [0.25, 0.3) is 11.8 Å². The molecule has 2 aromatic carbocycles. The molecule has 0 spiro atoms. The number of hydrogen-bond donors (Lipinski definition) is 6. The number of nitrogens with one attached hydrogen (secondary N) is 6. The number of pyridine rings is 4. The third-order valence-corrected chi connectivity index (χ3v) is 13.1. The van der Waals surface area contributed by atoms with Crippen molar-refractivity contribution in [1.82, 2.24) is 19.9 Å². The SMILES string of the molecule is Cc1c(-c2cc3cc(NC(=O)O[C@@H]4COC[C@H]4C)ncc3c(NC(=O)OC(C)(C)C)c2F)cnc2c1NC(=O)CO2.Cc1c(-c2cc3cc(NC(=O)O[C@H]4COC[C@@H]4C)ncc3c(NC(=O)OC(C)(C)C)c2F)cnc2c1NC(=O)CO2. The summed E-state index contributed by atoms with van der Waals surface area (Å²) in [5, 5.41) is 17.0. The molecule has 82 heavy (non-hydrogen) atoms.